The molecule has 1 atom stereocenters. The van der Waals surface area contributed by atoms with Crippen molar-refractivity contribution < 1.29 is 9.53 Å². The van der Waals surface area contributed by atoms with Crippen LogP contribution in [0.5, 0.6) is 0 Å². The second-order valence-electron chi connectivity index (χ2n) is 7.42. The maximum absolute atomic E-state index is 12.8. The third-order valence-corrected chi connectivity index (χ3v) is 6.61. The molecule has 0 saturated carbocycles. The number of hydrogen-bond acceptors (Lipinski definition) is 4. The van der Waals surface area contributed by atoms with Crippen LogP contribution in [0.4, 0.5) is 5.69 Å². The Morgan fingerprint density at radius 1 is 1.38 bits per heavy atom. The molecule has 32 heavy (non-hydrogen) atoms. The molecule has 1 N–H and O–H groups in total. The van der Waals surface area contributed by atoms with E-state index in [2.05, 4.69) is 30.0 Å². The topological polar surface area (TPSA) is 41.6 Å². The van der Waals surface area contributed by atoms with E-state index >= 15 is 0 Å². The summed E-state index contributed by atoms with van der Waals surface area (Å²) in [6.07, 6.45) is 10.4. The van der Waals surface area contributed by atoms with Crippen molar-refractivity contribution in [1.29, 1.82) is 0 Å². The third-order valence-electron chi connectivity index (χ3n) is 5.31. The molecule has 1 aromatic carbocycles. The van der Waals surface area contributed by atoms with Crippen LogP contribution in [0, 0.1) is 6.92 Å². The number of allylic oxidation sites excluding steroid dienone is 4. The van der Waals surface area contributed by atoms with Crippen molar-refractivity contribution in [2.45, 2.75) is 32.6 Å². The fourth-order valence-electron chi connectivity index (χ4n) is 3.51. The van der Waals surface area contributed by atoms with Crippen LogP contribution in [0.15, 0.2) is 90.9 Å². The zero-order valence-electron chi connectivity index (χ0n) is 19.6. The number of hydrogen-bond donors (Lipinski definition) is 1. The highest BCUT2D eigenvalue weighted by Gasteiger charge is 2.31. The molecule has 1 heterocycles. The fourth-order valence-corrected chi connectivity index (χ4v) is 4.78. The molecule has 170 valence electrons. The number of thioether (sulfide) groups is 1. The molecule has 1 unspecified atom stereocenters. The van der Waals surface area contributed by atoms with Gasteiger partial charge >= 0.3 is 0 Å². The largest absolute Gasteiger partial charge is 0.501 e. The van der Waals surface area contributed by atoms with Crippen molar-refractivity contribution in [2.75, 3.05) is 24.3 Å². The predicted molar refractivity (Wildman–Crippen MR) is 139 cm³/mol. The van der Waals surface area contributed by atoms with Gasteiger partial charge in [0.05, 0.1) is 12.9 Å². The highest BCUT2D eigenvalue weighted by atomic mass is 32.2. The Morgan fingerprint density at radius 3 is 2.69 bits per heavy atom. The van der Waals surface area contributed by atoms with E-state index in [1.807, 2.05) is 63.3 Å². The molecule has 1 fully saturated rings. The number of nitrogens with zero attached hydrogens (tertiary/aromatic N) is 1. The van der Waals surface area contributed by atoms with Crippen LogP contribution in [0.3, 0.4) is 0 Å². The molecule has 1 amide bonds. The summed E-state index contributed by atoms with van der Waals surface area (Å²) in [6.45, 7) is 18.5. The van der Waals surface area contributed by atoms with Gasteiger partial charge < -0.3 is 15.0 Å². The zero-order chi connectivity index (χ0) is 23.7. The number of nitrogens with one attached hydrogen (secondary N) is 1. The van der Waals surface area contributed by atoms with Gasteiger partial charge in [0, 0.05) is 35.7 Å². The Labute approximate surface area is 197 Å². The van der Waals surface area contributed by atoms with Crippen molar-refractivity contribution in [3.05, 3.63) is 102 Å². The normalized spacial score (nSPS) is 17.4. The summed E-state index contributed by atoms with van der Waals surface area (Å²) < 4.78 is 5.34. The lowest BCUT2D eigenvalue weighted by Gasteiger charge is -2.29. The highest BCUT2D eigenvalue weighted by Crippen LogP contribution is 2.40. The number of amides is 1. The first kappa shape index (κ1) is 25.3. The lowest BCUT2D eigenvalue weighted by Crippen LogP contribution is -2.29. The number of methoxy groups -OCH3 is 1. The minimum Gasteiger partial charge on any atom is -0.501 e. The van der Waals surface area contributed by atoms with E-state index in [1.54, 1.807) is 24.9 Å². The third kappa shape index (κ3) is 6.07. The van der Waals surface area contributed by atoms with Gasteiger partial charge in [0.1, 0.15) is 5.37 Å². The minimum atomic E-state index is -0.104. The first-order chi connectivity index (χ1) is 15.4. The standard InChI is InChI=1S/C27H34N2O2S/c1-8-12-22(10-3)27-29(20(6)18-32-27)25-14-13-23(15-19(25)5)26(30)28-17-21(9-2)16-24(11-4)31-7/h8-10,12-16,27H,1,3,6,11,17-18H2,2,4-5,7H3,(H,28,30)/b21-9+,22-12+,24-16+. The Morgan fingerprint density at radius 2 is 2.12 bits per heavy atom. The van der Waals surface area contributed by atoms with E-state index in [-0.39, 0.29) is 11.3 Å². The molecule has 4 nitrogen and oxygen atoms in total. The van der Waals surface area contributed by atoms with Crippen LogP contribution in [-0.4, -0.2) is 30.7 Å². The highest BCUT2D eigenvalue weighted by molar-refractivity contribution is 8.00. The summed E-state index contributed by atoms with van der Waals surface area (Å²) in [5, 5.41) is 3.10. The molecule has 0 aromatic heterocycles. The number of rotatable bonds is 10. The molecule has 5 heteroatoms. The van der Waals surface area contributed by atoms with Gasteiger partial charge in [-0.05, 0) is 54.8 Å². The quantitative estimate of drug-likeness (QED) is 0.335. The predicted octanol–water partition coefficient (Wildman–Crippen LogP) is 6.30. The van der Waals surface area contributed by atoms with Gasteiger partial charge in [-0.2, -0.15) is 0 Å². The maximum Gasteiger partial charge on any atom is 0.251 e. The zero-order valence-corrected chi connectivity index (χ0v) is 20.4. The molecule has 1 saturated heterocycles. The number of carbonyl (C=O) groups excluding carboxylic acids is 1. The van der Waals surface area contributed by atoms with Gasteiger partial charge in [0.15, 0.2) is 0 Å². The number of ether oxygens (including phenoxy) is 1. The number of carbonyl (C=O) groups is 1. The average Bonchev–Trinajstić information content (AvgIpc) is 3.18. The van der Waals surface area contributed by atoms with Gasteiger partial charge in [-0.25, -0.2) is 0 Å². The minimum absolute atomic E-state index is 0.0916. The second kappa shape index (κ2) is 12.2. The molecule has 1 aliphatic rings. The van der Waals surface area contributed by atoms with Gasteiger partial charge in [-0.3, -0.25) is 4.79 Å². The van der Waals surface area contributed by atoms with Crippen molar-refractivity contribution >= 4 is 23.4 Å². The van der Waals surface area contributed by atoms with Crippen molar-refractivity contribution in [3.8, 4) is 0 Å². The molecule has 0 aliphatic carbocycles. The Hall–Kier alpha value is -2.92. The van der Waals surface area contributed by atoms with E-state index in [4.69, 9.17) is 4.74 Å². The van der Waals surface area contributed by atoms with E-state index < -0.39 is 0 Å². The molecular weight excluding hydrogens is 416 g/mol. The Balaban J connectivity index is 2.20. The summed E-state index contributed by atoms with van der Waals surface area (Å²) in [6, 6.07) is 5.80. The first-order valence-electron chi connectivity index (χ1n) is 10.7. The molecule has 1 aromatic rings. The average molecular weight is 451 g/mol. The van der Waals surface area contributed by atoms with Crippen LogP contribution in [0.2, 0.25) is 0 Å². The molecular formula is C27H34N2O2S. The van der Waals surface area contributed by atoms with Crippen LogP contribution < -0.4 is 10.2 Å². The van der Waals surface area contributed by atoms with Crippen molar-refractivity contribution in [3.63, 3.8) is 0 Å². The summed E-state index contributed by atoms with van der Waals surface area (Å²) in [5.74, 6) is 1.62. The van der Waals surface area contributed by atoms with E-state index in [1.165, 1.54) is 0 Å². The van der Waals surface area contributed by atoms with Crippen molar-refractivity contribution in [1.82, 2.24) is 5.32 Å². The fraction of sp³-hybridized carbons (Fsp3) is 0.296. The Bertz CT molecular complexity index is 966. The van der Waals surface area contributed by atoms with Crippen LogP contribution in [-0.2, 0) is 4.74 Å². The van der Waals surface area contributed by atoms with Gasteiger partial charge in [0.2, 0.25) is 0 Å². The second-order valence-corrected chi connectivity index (χ2v) is 8.49. The van der Waals surface area contributed by atoms with Gasteiger partial charge in [-0.1, -0.05) is 51.0 Å². The van der Waals surface area contributed by atoms with Crippen LogP contribution >= 0.6 is 11.8 Å². The Kier molecular flexibility index (Phi) is 9.66. The summed E-state index contributed by atoms with van der Waals surface area (Å²) >= 11 is 1.81. The van der Waals surface area contributed by atoms with E-state index in [0.29, 0.717) is 12.1 Å². The van der Waals surface area contributed by atoms with Gasteiger partial charge in [-0.15, -0.1) is 11.8 Å². The molecule has 0 bridgehead atoms. The van der Waals surface area contributed by atoms with Crippen LogP contribution in [0.25, 0.3) is 0 Å². The first-order valence-corrected chi connectivity index (χ1v) is 11.8. The smallest absolute Gasteiger partial charge is 0.251 e. The lowest BCUT2D eigenvalue weighted by molar-refractivity contribution is 0.0957. The lowest BCUT2D eigenvalue weighted by atomic mass is 10.1. The van der Waals surface area contributed by atoms with Crippen molar-refractivity contribution in [2.24, 2.45) is 0 Å². The monoisotopic (exact) mass is 450 g/mol. The number of aryl methyl sites for hydroxylation is 1. The molecule has 0 spiro atoms. The van der Waals surface area contributed by atoms with Gasteiger partial charge in [0.25, 0.3) is 5.91 Å². The molecule has 0 radical (unpaired) electrons. The number of anilines is 1. The molecule has 2 rings (SSSR count). The summed E-state index contributed by atoms with van der Waals surface area (Å²) in [4.78, 5) is 15.0. The van der Waals surface area contributed by atoms with E-state index in [0.717, 1.165) is 46.0 Å². The SMILES string of the molecule is C=C/C=C(\C=C)C1SCC(=C)N1c1ccc(C(=O)NCC(=C/C)/C=C(\CC)OC)cc1C. The summed E-state index contributed by atoms with van der Waals surface area (Å²) in [5.41, 5.74) is 5.82. The maximum atomic E-state index is 12.8. The van der Waals surface area contributed by atoms with E-state index in [9.17, 15) is 4.79 Å². The molecule has 1 aliphatic heterocycles. The number of benzene rings is 1. The van der Waals surface area contributed by atoms with Crippen LogP contribution in [0.1, 0.15) is 36.2 Å². The summed E-state index contributed by atoms with van der Waals surface area (Å²) in [7, 11) is 1.66.